The van der Waals surface area contributed by atoms with Crippen molar-refractivity contribution in [1.29, 1.82) is 0 Å². The smallest absolute Gasteiger partial charge is 0.422 e. The lowest BCUT2D eigenvalue weighted by Crippen LogP contribution is -2.31. The number of aromatic nitrogens is 3. The number of nitrogens with one attached hydrogen (secondary N) is 1. The van der Waals surface area contributed by atoms with Gasteiger partial charge in [0, 0.05) is 17.7 Å². The molecule has 0 aliphatic carbocycles. The molecule has 0 aliphatic rings. The van der Waals surface area contributed by atoms with E-state index in [1.807, 2.05) is 20.8 Å². The second kappa shape index (κ2) is 10.9. The minimum absolute atomic E-state index is 0.0438. The van der Waals surface area contributed by atoms with Gasteiger partial charge in [0.1, 0.15) is 11.3 Å². The quantitative estimate of drug-likeness (QED) is 0.271. The van der Waals surface area contributed by atoms with Crippen molar-refractivity contribution in [3.8, 4) is 34.3 Å². The Balaban J connectivity index is 1.71. The number of aliphatic hydroxyl groups excluding tert-OH is 1. The average molecular weight is 559 g/mol. The number of hydrogen-bond donors (Lipinski definition) is 3. The first kappa shape index (κ1) is 28.5. The third-order valence-electron chi connectivity index (χ3n) is 5.94. The summed E-state index contributed by atoms with van der Waals surface area (Å²) in [7, 11) is 0. The first-order chi connectivity index (χ1) is 18.8. The fourth-order valence-corrected chi connectivity index (χ4v) is 4.01. The monoisotopic (exact) mass is 558 g/mol. The van der Waals surface area contributed by atoms with Gasteiger partial charge in [-0.2, -0.15) is 18.2 Å². The molecule has 0 radical (unpaired) electrons. The minimum atomic E-state index is -4.84. The normalized spacial score (nSPS) is 12.8. The number of nitrogens with zero attached hydrogens (tertiary/aromatic N) is 3. The van der Waals surface area contributed by atoms with Gasteiger partial charge in [-0.25, -0.2) is 0 Å². The van der Waals surface area contributed by atoms with Crippen LogP contribution in [0, 0.1) is 0 Å². The number of halogens is 3. The number of amides is 1. The molecule has 3 N–H and O–H groups in total. The highest BCUT2D eigenvalue weighted by Gasteiger charge is 2.43. The van der Waals surface area contributed by atoms with Crippen LogP contribution in [0.4, 0.5) is 13.2 Å². The van der Waals surface area contributed by atoms with E-state index in [1.54, 1.807) is 24.3 Å². The van der Waals surface area contributed by atoms with Crippen molar-refractivity contribution in [3.63, 3.8) is 0 Å². The topological polar surface area (TPSA) is 152 Å². The van der Waals surface area contributed by atoms with Crippen LogP contribution < -0.4 is 5.32 Å². The Labute approximate surface area is 225 Å². The van der Waals surface area contributed by atoms with E-state index < -0.39 is 52.5 Å². The van der Waals surface area contributed by atoms with E-state index in [0.717, 1.165) is 0 Å². The van der Waals surface area contributed by atoms with E-state index in [-0.39, 0.29) is 29.9 Å². The van der Waals surface area contributed by atoms with E-state index in [0.29, 0.717) is 11.1 Å². The van der Waals surface area contributed by atoms with Gasteiger partial charge in [0.25, 0.3) is 11.8 Å². The van der Waals surface area contributed by atoms with Gasteiger partial charge in [0.05, 0.1) is 6.42 Å². The van der Waals surface area contributed by atoms with Crippen LogP contribution in [0.1, 0.15) is 50.0 Å². The number of aliphatic hydroxyl groups is 1. The standard InChI is InChI=1S/C27H25F3N4O6/c1-26(2,3)17-13-15(21(37)24(38)31-12-11-18(35)36)9-10-16(17)23-32-25(40-34-23)22-19(27(28,29)30)20(33-39-22)14-7-5-4-6-8-14/h4-10,13,21,37H,11-12H2,1-3H3,(H,31,38)(H,35,36)/t21-/m1/s1. The molecule has 13 heteroatoms. The van der Waals surface area contributed by atoms with Crippen LogP contribution in [0.25, 0.3) is 34.3 Å². The van der Waals surface area contributed by atoms with Crippen molar-refractivity contribution >= 4 is 11.9 Å². The first-order valence-corrected chi connectivity index (χ1v) is 12.1. The van der Waals surface area contributed by atoms with E-state index in [4.69, 9.17) is 14.2 Å². The third-order valence-corrected chi connectivity index (χ3v) is 5.94. The predicted octanol–water partition coefficient (Wildman–Crippen LogP) is 5.00. The fraction of sp³-hybridized carbons (Fsp3) is 0.296. The Bertz CT molecular complexity index is 1520. The zero-order valence-corrected chi connectivity index (χ0v) is 21.6. The maximum absolute atomic E-state index is 14.1. The molecule has 0 fully saturated rings. The van der Waals surface area contributed by atoms with Crippen molar-refractivity contribution in [3.05, 3.63) is 65.2 Å². The Morgan fingerprint density at radius 3 is 2.35 bits per heavy atom. The lowest BCUT2D eigenvalue weighted by molar-refractivity contribution is -0.138. The summed E-state index contributed by atoms with van der Waals surface area (Å²) in [4.78, 5) is 27.2. The van der Waals surface area contributed by atoms with Crippen LogP contribution in [0.2, 0.25) is 0 Å². The van der Waals surface area contributed by atoms with Gasteiger partial charge in [-0.15, -0.1) is 0 Å². The molecule has 210 valence electrons. The maximum Gasteiger partial charge on any atom is 0.422 e. The van der Waals surface area contributed by atoms with E-state index in [1.165, 1.54) is 24.3 Å². The second-order valence-electron chi connectivity index (χ2n) is 9.91. The second-order valence-corrected chi connectivity index (χ2v) is 9.91. The molecule has 2 aromatic heterocycles. The van der Waals surface area contributed by atoms with Crippen LogP contribution >= 0.6 is 0 Å². The molecular weight excluding hydrogens is 533 g/mol. The lowest BCUT2D eigenvalue weighted by atomic mass is 9.82. The number of carboxylic acid groups (broad SMARTS) is 1. The number of hydrogen-bond acceptors (Lipinski definition) is 8. The Kier molecular flexibility index (Phi) is 7.78. The minimum Gasteiger partial charge on any atom is -0.481 e. The van der Waals surface area contributed by atoms with Gasteiger partial charge < -0.3 is 24.6 Å². The number of alkyl halides is 3. The van der Waals surface area contributed by atoms with E-state index in [2.05, 4.69) is 20.6 Å². The molecule has 10 nitrogen and oxygen atoms in total. The summed E-state index contributed by atoms with van der Waals surface area (Å²) in [5.74, 6) is -3.18. The summed E-state index contributed by atoms with van der Waals surface area (Å²) in [6, 6.07) is 12.2. The average Bonchev–Trinajstić information content (AvgIpc) is 3.55. The molecule has 0 saturated carbocycles. The van der Waals surface area contributed by atoms with Crippen LogP contribution in [-0.2, 0) is 21.2 Å². The highest BCUT2D eigenvalue weighted by molar-refractivity contribution is 5.83. The van der Waals surface area contributed by atoms with Crippen molar-refractivity contribution in [2.24, 2.45) is 0 Å². The van der Waals surface area contributed by atoms with Crippen molar-refractivity contribution in [2.45, 2.75) is 44.9 Å². The van der Waals surface area contributed by atoms with Crippen molar-refractivity contribution in [1.82, 2.24) is 20.6 Å². The summed E-state index contributed by atoms with van der Waals surface area (Å²) in [5.41, 5.74) is -0.798. The summed E-state index contributed by atoms with van der Waals surface area (Å²) in [6.07, 6.45) is -6.74. The number of rotatable bonds is 8. The molecule has 4 rings (SSSR count). The van der Waals surface area contributed by atoms with E-state index >= 15 is 0 Å². The summed E-state index contributed by atoms with van der Waals surface area (Å²) < 4.78 is 52.5. The van der Waals surface area contributed by atoms with Gasteiger partial charge in [-0.05, 0) is 16.5 Å². The van der Waals surface area contributed by atoms with Crippen molar-refractivity contribution < 1.29 is 42.0 Å². The molecule has 1 atom stereocenters. The van der Waals surface area contributed by atoms with Gasteiger partial charge in [0.2, 0.25) is 11.6 Å². The molecular formula is C27H25F3N4O6. The number of aliphatic carboxylic acids is 1. The first-order valence-electron chi connectivity index (χ1n) is 12.1. The van der Waals surface area contributed by atoms with Gasteiger partial charge >= 0.3 is 12.1 Å². The molecule has 40 heavy (non-hydrogen) atoms. The van der Waals surface area contributed by atoms with Crippen LogP contribution in [-0.4, -0.2) is 43.9 Å². The van der Waals surface area contributed by atoms with Crippen LogP contribution in [0.5, 0.6) is 0 Å². The molecule has 2 heterocycles. The Morgan fingerprint density at radius 1 is 1.02 bits per heavy atom. The maximum atomic E-state index is 14.1. The van der Waals surface area contributed by atoms with Crippen LogP contribution in [0.15, 0.2) is 57.6 Å². The van der Waals surface area contributed by atoms with Gasteiger partial charge in [0.15, 0.2) is 6.10 Å². The number of benzene rings is 2. The van der Waals surface area contributed by atoms with Gasteiger partial charge in [-0.1, -0.05) is 79.6 Å². The number of carbonyl (C=O) groups is 2. The number of carboxylic acids is 1. The molecule has 1 amide bonds. The Hall–Kier alpha value is -4.52. The summed E-state index contributed by atoms with van der Waals surface area (Å²) >= 11 is 0. The SMILES string of the molecule is CC(C)(C)c1cc([C@@H](O)C(=O)NCCC(=O)O)ccc1-c1noc(-c2onc(-c3ccccc3)c2C(F)(F)F)n1. The van der Waals surface area contributed by atoms with Crippen molar-refractivity contribution in [2.75, 3.05) is 6.54 Å². The van der Waals surface area contributed by atoms with Crippen LogP contribution in [0.3, 0.4) is 0 Å². The van der Waals surface area contributed by atoms with Gasteiger partial charge in [-0.3, -0.25) is 9.59 Å². The molecule has 0 bridgehead atoms. The zero-order chi connectivity index (χ0) is 29.2. The Morgan fingerprint density at radius 2 is 1.73 bits per heavy atom. The largest absolute Gasteiger partial charge is 0.481 e. The molecule has 0 spiro atoms. The lowest BCUT2D eigenvalue weighted by Gasteiger charge is -2.23. The molecule has 0 saturated heterocycles. The summed E-state index contributed by atoms with van der Waals surface area (Å²) in [5, 5.41) is 29.1. The molecule has 2 aromatic carbocycles. The molecule has 0 aliphatic heterocycles. The summed E-state index contributed by atoms with van der Waals surface area (Å²) in [6.45, 7) is 5.38. The third kappa shape index (κ3) is 6.04. The molecule has 4 aromatic rings. The predicted molar refractivity (Wildman–Crippen MR) is 135 cm³/mol. The zero-order valence-electron chi connectivity index (χ0n) is 21.6. The fourth-order valence-electron chi connectivity index (χ4n) is 4.01. The molecule has 0 unspecified atom stereocenters. The number of carbonyl (C=O) groups excluding carboxylic acids is 1. The highest BCUT2D eigenvalue weighted by atomic mass is 19.4. The van der Waals surface area contributed by atoms with E-state index in [9.17, 15) is 27.9 Å². The highest BCUT2D eigenvalue weighted by Crippen LogP contribution is 2.43.